The lowest BCUT2D eigenvalue weighted by Gasteiger charge is -2.12. The summed E-state index contributed by atoms with van der Waals surface area (Å²) < 4.78 is 12.0. The molecule has 166 valence electrons. The summed E-state index contributed by atoms with van der Waals surface area (Å²) in [5.74, 6) is 0.987. The largest absolute Gasteiger partial charge is 0.497 e. The first kappa shape index (κ1) is 22.0. The summed E-state index contributed by atoms with van der Waals surface area (Å²) in [5.41, 5.74) is 1.31. The first-order valence-electron chi connectivity index (χ1n) is 10.5. The molecule has 0 spiro atoms. The number of carbonyl (C=O) groups excluding carboxylic acids is 1. The Morgan fingerprint density at radius 1 is 1.00 bits per heavy atom. The number of hydrogen-bond donors (Lipinski definition) is 0. The molecule has 0 aliphatic heterocycles. The van der Waals surface area contributed by atoms with Crippen LogP contribution in [0.15, 0.2) is 82.7 Å². The molecule has 3 aromatic carbocycles. The summed E-state index contributed by atoms with van der Waals surface area (Å²) in [7, 11) is 1.56. The highest BCUT2D eigenvalue weighted by molar-refractivity contribution is 5.93. The number of esters is 1. The zero-order valence-electron chi connectivity index (χ0n) is 18.6. The number of benzene rings is 3. The predicted octanol–water partition coefficient (Wildman–Crippen LogP) is 4.63. The molecule has 0 saturated carbocycles. The third kappa shape index (κ3) is 4.67. The Morgan fingerprint density at radius 3 is 2.42 bits per heavy atom. The number of nitrogens with zero attached hydrogens (tertiary/aromatic N) is 3. The van der Waals surface area contributed by atoms with E-state index in [2.05, 4.69) is 10.1 Å². The third-order valence-corrected chi connectivity index (χ3v) is 5.05. The summed E-state index contributed by atoms with van der Waals surface area (Å²) in [6.45, 7) is 3.90. The van der Waals surface area contributed by atoms with Gasteiger partial charge in [-0.1, -0.05) is 38.1 Å². The highest BCUT2D eigenvalue weighted by atomic mass is 16.5. The van der Waals surface area contributed by atoms with Crippen LogP contribution in [0.25, 0.3) is 10.9 Å². The Hall–Kier alpha value is -4.26. The smallest absolute Gasteiger partial charge is 0.343 e. The molecule has 1 aromatic heterocycles. The van der Waals surface area contributed by atoms with Crippen molar-refractivity contribution in [3.63, 3.8) is 0 Å². The van der Waals surface area contributed by atoms with E-state index in [1.54, 1.807) is 67.8 Å². The van der Waals surface area contributed by atoms with E-state index in [4.69, 9.17) is 9.47 Å². The Labute approximate surface area is 190 Å². The normalized spacial score (nSPS) is 11.3. The summed E-state index contributed by atoms with van der Waals surface area (Å²) in [4.78, 5) is 30.3. The summed E-state index contributed by atoms with van der Waals surface area (Å²) in [5, 5.41) is 4.90. The summed E-state index contributed by atoms with van der Waals surface area (Å²) in [6, 6.07) is 20.8. The van der Waals surface area contributed by atoms with Crippen molar-refractivity contribution < 1.29 is 14.3 Å². The molecule has 1 heterocycles. The molecule has 0 unspecified atom stereocenters. The van der Waals surface area contributed by atoms with Gasteiger partial charge in [-0.2, -0.15) is 9.78 Å². The van der Waals surface area contributed by atoms with Gasteiger partial charge in [-0.05, 0) is 48.5 Å². The van der Waals surface area contributed by atoms with Crippen molar-refractivity contribution in [2.45, 2.75) is 19.8 Å². The van der Waals surface area contributed by atoms with Gasteiger partial charge < -0.3 is 9.47 Å². The topological polar surface area (TPSA) is 82.8 Å². The first-order chi connectivity index (χ1) is 16.0. The molecule has 0 fully saturated rings. The summed E-state index contributed by atoms with van der Waals surface area (Å²) in [6.07, 6.45) is 1.50. The average Bonchev–Trinajstić information content (AvgIpc) is 2.84. The number of carbonyl (C=O) groups is 1. The molecule has 0 amide bonds. The predicted molar refractivity (Wildman–Crippen MR) is 127 cm³/mol. The van der Waals surface area contributed by atoms with E-state index in [9.17, 15) is 9.59 Å². The number of aromatic nitrogens is 2. The quantitative estimate of drug-likeness (QED) is 0.248. The van der Waals surface area contributed by atoms with Gasteiger partial charge in [0, 0.05) is 11.5 Å². The average molecular weight is 441 g/mol. The monoisotopic (exact) mass is 441 g/mol. The molecule has 7 nitrogen and oxygen atoms in total. The molecular weight excluding hydrogens is 418 g/mol. The van der Waals surface area contributed by atoms with Gasteiger partial charge in [0.05, 0.1) is 29.8 Å². The van der Waals surface area contributed by atoms with Crippen LogP contribution in [0, 0.1) is 0 Å². The standard InChI is InChI=1S/C26H23N3O4/c1-17(2)24-28-22-10-6-5-9-21(22)25(30)29(24)27-16-19-8-4-7-11-23(19)33-26(31)18-12-14-20(32-3)15-13-18/h4-17H,1-3H3. The molecular formula is C26H23N3O4. The minimum Gasteiger partial charge on any atom is -0.497 e. The van der Waals surface area contributed by atoms with E-state index in [-0.39, 0.29) is 11.5 Å². The molecule has 0 saturated heterocycles. The zero-order chi connectivity index (χ0) is 23.4. The van der Waals surface area contributed by atoms with Crippen LogP contribution in [0.5, 0.6) is 11.5 Å². The number of hydrogen-bond acceptors (Lipinski definition) is 6. The van der Waals surface area contributed by atoms with Crippen LogP contribution in [0.3, 0.4) is 0 Å². The number of ether oxygens (including phenoxy) is 2. The highest BCUT2D eigenvalue weighted by Gasteiger charge is 2.14. The van der Waals surface area contributed by atoms with E-state index < -0.39 is 5.97 Å². The van der Waals surface area contributed by atoms with Gasteiger partial charge in [0.15, 0.2) is 0 Å². The lowest BCUT2D eigenvalue weighted by molar-refractivity contribution is 0.0734. The molecule has 0 N–H and O–H groups in total. The lowest BCUT2D eigenvalue weighted by atomic mass is 10.2. The Bertz CT molecular complexity index is 1390. The van der Waals surface area contributed by atoms with Crippen LogP contribution < -0.4 is 15.0 Å². The highest BCUT2D eigenvalue weighted by Crippen LogP contribution is 2.20. The van der Waals surface area contributed by atoms with Gasteiger partial charge in [0.2, 0.25) is 0 Å². The van der Waals surface area contributed by atoms with Gasteiger partial charge in [0.25, 0.3) is 5.56 Å². The zero-order valence-corrected chi connectivity index (χ0v) is 18.6. The lowest BCUT2D eigenvalue weighted by Crippen LogP contribution is -2.23. The van der Waals surface area contributed by atoms with E-state index in [0.29, 0.717) is 39.4 Å². The van der Waals surface area contributed by atoms with Crippen molar-refractivity contribution in [2.24, 2.45) is 5.10 Å². The molecule has 33 heavy (non-hydrogen) atoms. The molecule has 0 bridgehead atoms. The Balaban J connectivity index is 1.68. The number of methoxy groups -OCH3 is 1. The fourth-order valence-corrected chi connectivity index (χ4v) is 3.31. The SMILES string of the molecule is COc1ccc(C(=O)Oc2ccccc2C=Nn2c(C(C)C)nc3ccccc3c2=O)cc1. The van der Waals surface area contributed by atoms with Crippen molar-refractivity contribution in [3.05, 3.63) is 100 Å². The van der Waals surface area contributed by atoms with Crippen molar-refractivity contribution in [1.82, 2.24) is 9.66 Å². The van der Waals surface area contributed by atoms with Crippen LogP contribution >= 0.6 is 0 Å². The van der Waals surface area contributed by atoms with Crippen LogP contribution in [-0.4, -0.2) is 29.0 Å². The Kier molecular flexibility index (Phi) is 6.31. The molecule has 0 aliphatic rings. The molecule has 4 aromatic rings. The van der Waals surface area contributed by atoms with E-state index in [1.165, 1.54) is 10.9 Å². The van der Waals surface area contributed by atoms with Gasteiger partial charge in [-0.25, -0.2) is 9.78 Å². The molecule has 0 radical (unpaired) electrons. The molecule has 0 aliphatic carbocycles. The van der Waals surface area contributed by atoms with Crippen molar-refractivity contribution in [1.29, 1.82) is 0 Å². The maximum Gasteiger partial charge on any atom is 0.343 e. The number of fused-ring (bicyclic) bond motifs is 1. The minimum atomic E-state index is -0.508. The van der Waals surface area contributed by atoms with Crippen molar-refractivity contribution in [2.75, 3.05) is 7.11 Å². The fourth-order valence-electron chi connectivity index (χ4n) is 3.31. The van der Waals surface area contributed by atoms with Crippen LogP contribution in [0.2, 0.25) is 0 Å². The van der Waals surface area contributed by atoms with E-state index >= 15 is 0 Å². The maximum atomic E-state index is 13.1. The second kappa shape index (κ2) is 9.48. The minimum absolute atomic E-state index is 0.0254. The molecule has 0 atom stereocenters. The first-order valence-corrected chi connectivity index (χ1v) is 10.5. The van der Waals surface area contributed by atoms with Crippen LogP contribution in [0.4, 0.5) is 0 Å². The van der Waals surface area contributed by atoms with Crippen LogP contribution in [0.1, 0.15) is 41.5 Å². The van der Waals surface area contributed by atoms with Crippen molar-refractivity contribution in [3.8, 4) is 11.5 Å². The van der Waals surface area contributed by atoms with Crippen LogP contribution in [-0.2, 0) is 0 Å². The van der Waals surface area contributed by atoms with Gasteiger partial charge in [-0.15, -0.1) is 0 Å². The molecule has 7 heteroatoms. The van der Waals surface area contributed by atoms with Gasteiger partial charge in [-0.3, -0.25) is 4.79 Å². The number of rotatable bonds is 6. The number of para-hydroxylation sites is 2. The van der Waals surface area contributed by atoms with E-state index in [0.717, 1.165) is 0 Å². The maximum absolute atomic E-state index is 13.1. The second-order valence-electron chi connectivity index (χ2n) is 7.66. The van der Waals surface area contributed by atoms with Crippen molar-refractivity contribution >= 4 is 23.1 Å². The van der Waals surface area contributed by atoms with E-state index in [1.807, 2.05) is 26.0 Å². The fraction of sp³-hybridized carbons (Fsp3) is 0.154. The second-order valence-corrected chi connectivity index (χ2v) is 7.66. The summed E-state index contributed by atoms with van der Waals surface area (Å²) >= 11 is 0. The third-order valence-electron chi connectivity index (χ3n) is 5.05. The Morgan fingerprint density at radius 2 is 1.70 bits per heavy atom. The van der Waals surface area contributed by atoms with Gasteiger partial charge in [0.1, 0.15) is 17.3 Å². The van der Waals surface area contributed by atoms with Gasteiger partial charge >= 0.3 is 5.97 Å². The molecule has 4 rings (SSSR count).